The highest BCUT2D eigenvalue weighted by atomic mass is 16.5. The van der Waals surface area contributed by atoms with E-state index in [1.807, 2.05) is 57.2 Å². The van der Waals surface area contributed by atoms with E-state index in [9.17, 15) is 9.90 Å². The summed E-state index contributed by atoms with van der Waals surface area (Å²) in [5.41, 5.74) is 4.51. The zero-order valence-corrected chi connectivity index (χ0v) is 15.3. The van der Waals surface area contributed by atoms with E-state index in [0.717, 1.165) is 33.3 Å². The number of carbonyl (C=O) groups is 1. The van der Waals surface area contributed by atoms with Gasteiger partial charge in [0, 0.05) is 16.5 Å². The highest BCUT2D eigenvalue weighted by Crippen LogP contribution is 2.37. The lowest BCUT2D eigenvalue weighted by Gasteiger charge is -2.12. The Hall–Kier alpha value is -2.95. The van der Waals surface area contributed by atoms with Gasteiger partial charge in [0.1, 0.15) is 0 Å². The predicted molar refractivity (Wildman–Crippen MR) is 102 cm³/mol. The summed E-state index contributed by atoms with van der Waals surface area (Å²) in [5.74, 6) is 0.485. The molecule has 0 fully saturated rings. The SMILES string of the molecule is CCOc1ccc(-c2[nH]c3c(C)cccc3c2CC(=O)O)cc1OCC. The maximum Gasteiger partial charge on any atom is 0.307 e. The minimum atomic E-state index is -0.857. The molecule has 0 radical (unpaired) electrons. The summed E-state index contributed by atoms with van der Waals surface area (Å²) in [7, 11) is 0. The molecular weight excluding hydrogens is 330 g/mol. The molecule has 2 aromatic carbocycles. The molecule has 0 bridgehead atoms. The van der Waals surface area contributed by atoms with Crippen molar-refractivity contribution in [2.45, 2.75) is 27.2 Å². The summed E-state index contributed by atoms with van der Waals surface area (Å²) >= 11 is 0. The summed E-state index contributed by atoms with van der Waals surface area (Å²) in [6, 6.07) is 11.6. The number of carboxylic acid groups (broad SMARTS) is 1. The van der Waals surface area contributed by atoms with Crippen LogP contribution in [0.15, 0.2) is 36.4 Å². The van der Waals surface area contributed by atoms with Crippen molar-refractivity contribution < 1.29 is 19.4 Å². The average molecular weight is 353 g/mol. The predicted octanol–water partition coefficient (Wildman–Crippen LogP) is 4.57. The zero-order chi connectivity index (χ0) is 18.7. The second-order valence-corrected chi connectivity index (χ2v) is 6.07. The van der Waals surface area contributed by atoms with Crippen LogP contribution in [0.4, 0.5) is 0 Å². The first-order chi connectivity index (χ1) is 12.5. The standard InChI is InChI=1S/C21H23NO4/c1-4-25-17-10-9-14(11-18(17)26-5-2)21-16(12-19(23)24)15-8-6-7-13(3)20(15)22-21/h6-11,22H,4-5,12H2,1-3H3,(H,23,24). The van der Waals surface area contributed by atoms with Crippen molar-refractivity contribution in [3.8, 4) is 22.8 Å². The summed E-state index contributed by atoms with van der Waals surface area (Å²) < 4.78 is 11.3. The van der Waals surface area contributed by atoms with Crippen LogP contribution in [0.1, 0.15) is 25.0 Å². The second-order valence-electron chi connectivity index (χ2n) is 6.07. The van der Waals surface area contributed by atoms with E-state index in [4.69, 9.17) is 9.47 Å². The number of H-pyrrole nitrogens is 1. The normalized spacial score (nSPS) is 10.9. The summed E-state index contributed by atoms with van der Waals surface area (Å²) in [6.45, 7) is 6.93. The van der Waals surface area contributed by atoms with Crippen LogP contribution in [0.5, 0.6) is 11.5 Å². The molecule has 0 amide bonds. The molecule has 3 aromatic rings. The number of carboxylic acids is 1. The van der Waals surface area contributed by atoms with Gasteiger partial charge < -0.3 is 19.6 Å². The quantitative estimate of drug-likeness (QED) is 0.653. The van der Waals surface area contributed by atoms with Crippen LogP contribution in [0.25, 0.3) is 22.2 Å². The average Bonchev–Trinajstić information content (AvgIpc) is 2.96. The van der Waals surface area contributed by atoms with Crippen molar-refractivity contribution in [3.63, 3.8) is 0 Å². The van der Waals surface area contributed by atoms with Crippen molar-refractivity contribution in [3.05, 3.63) is 47.5 Å². The zero-order valence-electron chi connectivity index (χ0n) is 15.3. The van der Waals surface area contributed by atoms with Crippen LogP contribution in [-0.4, -0.2) is 29.3 Å². The van der Waals surface area contributed by atoms with Gasteiger partial charge in [0.15, 0.2) is 11.5 Å². The van der Waals surface area contributed by atoms with Crippen LogP contribution in [0.3, 0.4) is 0 Å². The van der Waals surface area contributed by atoms with Gasteiger partial charge in [0.25, 0.3) is 0 Å². The fourth-order valence-electron chi connectivity index (χ4n) is 3.21. The molecule has 5 nitrogen and oxygen atoms in total. The van der Waals surface area contributed by atoms with Crippen LogP contribution < -0.4 is 9.47 Å². The van der Waals surface area contributed by atoms with Crippen molar-refractivity contribution in [2.24, 2.45) is 0 Å². The lowest BCUT2D eigenvalue weighted by Crippen LogP contribution is -2.02. The Morgan fingerprint density at radius 2 is 1.81 bits per heavy atom. The number of nitrogens with one attached hydrogen (secondary N) is 1. The Morgan fingerprint density at radius 1 is 1.08 bits per heavy atom. The number of aryl methyl sites for hydroxylation is 1. The third-order valence-corrected chi connectivity index (χ3v) is 4.31. The number of aromatic nitrogens is 1. The van der Waals surface area contributed by atoms with Gasteiger partial charge in [-0.2, -0.15) is 0 Å². The maximum atomic E-state index is 11.4. The summed E-state index contributed by atoms with van der Waals surface area (Å²) in [4.78, 5) is 14.8. The van der Waals surface area contributed by atoms with Gasteiger partial charge in [0.05, 0.1) is 25.3 Å². The van der Waals surface area contributed by atoms with Crippen LogP contribution in [-0.2, 0) is 11.2 Å². The monoisotopic (exact) mass is 353 g/mol. The second kappa shape index (κ2) is 7.52. The molecule has 136 valence electrons. The number of para-hydroxylation sites is 1. The molecule has 0 saturated heterocycles. The van der Waals surface area contributed by atoms with Crippen molar-refractivity contribution in [1.82, 2.24) is 4.98 Å². The Balaban J connectivity index is 2.19. The fourth-order valence-corrected chi connectivity index (χ4v) is 3.21. The molecule has 3 rings (SSSR count). The van der Waals surface area contributed by atoms with Gasteiger partial charge >= 0.3 is 5.97 Å². The number of aromatic amines is 1. The maximum absolute atomic E-state index is 11.4. The molecule has 0 atom stereocenters. The molecule has 0 aliphatic carbocycles. The molecule has 1 aromatic heterocycles. The first kappa shape index (κ1) is 17.9. The highest BCUT2D eigenvalue weighted by molar-refractivity contribution is 5.95. The molecule has 0 saturated carbocycles. The largest absolute Gasteiger partial charge is 0.490 e. The molecule has 0 aliphatic heterocycles. The molecule has 5 heteroatoms. The first-order valence-corrected chi connectivity index (χ1v) is 8.77. The first-order valence-electron chi connectivity index (χ1n) is 8.77. The van der Waals surface area contributed by atoms with Gasteiger partial charge in [-0.3, -0.25) is 4.79 Å². The van der Waals surface area contributed by atoms with E-state index < -0.39 is 5.97 Å². The Bertz CT molecular complexity index is 943. The molecule has 2 N–H and O–H groups in total. The van der Waals surface area contributed by atoms with Gasteiger partial charge in [-0.1, -0.05) is 18.2 Å². The minimum Gasteiger partial charge on any atom is -0.490 e. The van der Waals surface area contributed by atoms with Crippen molar-refractivity contribution >= 4 is 16.9 Å². The molecule has 0 aliphatic rings. The van der Waals surface area contributed by atoms with E-state index in [-0.39, 0.29) is 6.42 Å². The molecule has 1 heterocycles. The van der Waals surface area contributed by atoms with E-state index in [2.05, 4.69) is 4.98 Å². The van der Waals surface area contributed by atoms with E-state index >= 15 is 0 Å². The number of hydrogen-bond acceptors (Lipinski definition) is 3. The Morgan fingerprint density at radius 3 is 2.50 bits per heavy atom. The lowest BCUT2D eigenvalue weighted by atomic mass is 10.0. The molecule has 26 heavy (non-hydrogen) atoms. The topological polar surface area (TPSA) is 71.6 Å². The fraction of sp³-hybridized carbons (Fsp3) is 0.286. The third kappa shape index (κ3) is 3.38. The number of rotatable bonds is 7. The minimum absolute atomic E-state index is 0.0457. The number of benzene rings is 2. The molecule has 0 spiro atoms. The summed E-state index contributed by atoms with van der Waals surface area (Å²) in [6.07, 6.45) is -0.0457. The van der Waals surface area contributed by atoms with Crippen LogP contribution >= 0.6 is 0 Å². The van der Waals surface area contributed by atoms with E-state index in [1.54, 1.807) is 0 Å². The van der Waals surface area contributed by atoms with Crippen molar-refractivity contribution in [2.75, 3.05) is 13.2 Å². The van der Waals surface area contributed by atoms with Gasteiger partial charge in [0.2, 0.25) is 0 Å². The highest BCUT2D eigenvalue weighted by Gasteiger charge is 2.18. The third-order valence-electron chi connectivity index (χ3n) is 4.31. The molecule has 0 unspecified atom stereocenters. The molecular formula is C21H23NO4. The smallest absolute Gasteiger partial charge is 0.307 e. The van der Waals surface area contributed by atoms with Crippen LogP contribution in [0.2, 0.25) is 0 Å². The number of fused-ring (bicyclic) bond motifs is 1. The van der Waals surface area contributed by atoms with Gasteiger partial charge in [-0.15, -0.1) is 0 Å². The number of ether oxygens (including phenoxy) is 2. The van der Waals surface area contributed by atoms with Gasteiger partial charge in [-0.25, -0.2) is 0 Å². The Labute approximate surface area is 152 Å². The lowest BCUT2D eigenvalue weighted by molar-refractivity contribution is -0.136. The van der Waals surface area contributed by atoms with E-state index in [1.165, 1.54) is 0 Å². The summed E-state index contributed by atoms with van der Waals surface area (Å²) in [5, 5.41) is 10.3. The van der Waals surface area contributed by atoms with E-state index in [0.29, 0.717) is 24.7 Å². The number of aliphatic carboxylic acids is 1. The number of hydrogen-bond donors (Lipinski definition) is 2. The van der Waals surface area contributed by atoms with Crippen molar-refractivity contribution in [1.29, 1.82) is 0 Å². The van der Waals surface area contributed by atoms with Crippen LogP contribution in [0, 0.1) is 6.92 Å². The van der Waals surface area contributed by atoms with Gasteiger partial charge in [-0.05, 0) is 50.1 Å². The Kier molecular flexibility index (Phi) is 5.16.